The molecule has 1 fully saturated rings. The first-order valence-electron chi connectivity index (χ1n) is 5.27. The van der Waals surface area contributed by atoms with E-state index in [1.807, 2.05) is 0 Å². The van der Waals surface area contributed by atoms with E-state index in [0.29, 0.717) is 11.3 Å². The van der Waals surface area contributed by atoms with Crippen molar-refractivity contribution < 1.29 is 14.2 Å². The molecular formula is C12H15FO2. The third-order valence-electron chi connectivity index (χ3n) is 2.83. The van der Waals surface area contributed by atoms with Crippen LogP contribution in [0.3, 0.4) is 0 Å². The van der Waals surface area contributed by atoms with Gasteiger partial charge in [-0.1, -0.05) is 0 Å². The fourth-order valence-electron chi connectivity index (χ4n) is 1.91. The van der Waals surface area contributed by atoms with Gasteiger partial charge in [0.15, 0.2) is 0 Å². The normalized spacial score (nSPS) is 25.5. The van der Waals surface area contributed by atoms with Gasteiger partial charge in [-0.05, 0) is 49.9 Å². The minimum atomic E-state index is -0.379. The smallest absolute Gasteiger partial charge is 0.126 e. The molecule has 0 heterocycles. The van der Waals surface area contributed by atoms with Gasteiger partial charge in [0.05, 0.1) is 6.10 Å². The first-order valence-corrected chi connectivity index (χ1v) is 5.27. The third kappa shape index (κ3) is 2.29. The number of aryl methyl sites for hydroxylation is 1. The van der Waals surface area contributed by atoms with Gasteiger partial charge in [-0.25, -0.2) is 4.39 Å². The predicted octanol–water partition coefficient (Wildman–Crippen LogP) is 2.43. The highest BCUT2D eigenvalue weighted by molar-refractivity contribution is 5.29. The van der Waals surface area contributed by atoms with Gasteiger partial charge in [-0.15, -0.1) is 0 Å². The van der Waals surface area contributed by atoms with E-state index in [1.165, 1.54) is 6.07 Å². The Balaban J connectivity index is 2.07. The van der Waals surface area contributed by atoms with E-state index in [2.05, 4.69) is 0 Å². The van der Waals surface area contributed by atoms with Gasteiger partial charge in [0.1, 0.15) is 17.7 Å². The summed E-state index contributed by atoms with van der Waals surface area (Å²) < 4.78 is 18.6. The maximum atomic E-state index is 13.0. The highest BCUT2D eigenvalue weighted by Crippen LogP contribution is 2.25. The van der Waals surface area contributed by atoms with Gasteiger partial charge in [0.25, 0.3) is 0 Å². The van der Waals surface area contributed by atoms with Crippen LogP contribution in [-0.4, -0.2) is 17.3 Å². The maximum absolute atomic E-state index is 13.0. The van der Waals surface area contributed by atoms with Crippen molar-refractivity contribution >= 4 is 0 Å². The van der Waals surface area contributed by atoms with E-state index in [1.54, 1.807) is 19.1 Å². The van der Waals surface area contributed by atoms with Gasteiger partial charge < -0.3 is 9.84 Å². The zero-order valence-electron chi connectivity index (χ0n) is 8.74. The van der Waals surface area contributed by atoms with Crippen molar-refractivity contribution in [2.24, 2.45) is 0 Å². The Morgan fingerprint density at radius 3 is 2.80 bits per heavy atom. The molecule has 0 spiro atoms. The lowest BCUT2D eigenvalue weighted by atomic mass is 10.2. The summed E-state index contributed by atoms with van der Waals surface area (Å²) in [6.45, 7) is 1.70. The molecule has 0 unspecified atom stereocenters. The van der Waals surface area contributed by atoms with Crippen LogP contribution in [0.2, 0.25) is 0 Å². The Morgan fingerprint density at radius 2 is 2.20 bits per heavy atom. The number of hydrogen-bond donors (Lipinski definition) is 1. The van der Waals surface area contributed by atoms with Crippen LogP contribution in [0.5, 0.6) is 5.75 Å². The molecular weight excluding hydrogens is 195 g/mol. The zero-order valence-corrected chi connectivity index (χ0v) is 8.74. The average Bonchev–Trinajstić information content (AvgIpc) is 2.59. The number of aliphatic hydroxyl groups is 1. The largest absolute Gasteiger partial charge is 0.488 e. The molecule has 1 aliphatic carbocycles. The van der Waals surface area contributed by atoms with Crippen LogP contribution in [0.15, 0.2) is 18.2 Å². The van der Waals surface area contributed by atoms with Crippen molar-refractivity contribution in [2.45, 2.75) is 38.4 Å². The SMILES string of the molecule is Cc1cc(O[C@H]2CCC[C@@H]2O)ccc1F. The second-order valence-corrected chi connectivity index (χ2v) is 4.07. The van der Waals surface area contributed by atoms with Crippen LogP contribution in [0.4, 0.5) is 4.39 Å². The minimum Gasteiger partial charge on any atom is -0.488 e. The van der Waals surface area contributed by atoms with Gasteiger partial charge in [0, 0.05) is 0 Å². The van der Waals surface area contributed by atoms with Gasteiger partial charge >= 0.3 is 0 Å². The fourth-order valence-corrected chi connectivity index (χ4v) is 1.91. The van der Waals surface area contributed by atoms with Crippen LogP contribution < -0.4 is 4.74 Å². The van der Waals surface area contributed by atoms with Crippen molar-refractivity contribution in [3.63, 3.8) is 0 Å². The van der Waals surface area contributed by atoms with E-state index in [9.17, 15) is 9.50 Å². The number of rotatable bonds is 2. The zero-order chi connectivity index (χ0) is 10.8. The number of halogens is 1. The Kier molecular flexibility index (Phi) is 2.91. The lowest BCUT2D eigenvalue weighted by Crippen LogP contribution is -2.25. The van der Waals surface area contributed by atoms with E-state index < -0.39 is 0 Å². The van der Waals surface area contributed by atoms with Crippen LogP contribution in [0, 0.1) is 12.7 Å². The number of aliphatic hydroxyl groups excluding tert-OH is 1. The van der Waals surface area contributed by atoms with Crippen molar-refractivity contribution in [3.8, 4) is 5.75 Å². The summed E-state index contributed by atoms with van der Waals surface area (Å²) >= 11 is 0. The molecule has 82 valence electrons. The molecule has 0 aliphatic heterocycles. The molecule has 0 radical (unpaired) electrons. The van der Waals surface area contributed by atoms with Gasteiger partial charge in [-0.2, -0.15) is 0 Å². The number of hydrogen-bond acceptors (Lipinski definition) is 2. The van der Waals surface area contributed by atoms with Crippen LogP contribution in [0.25, 0.3) is 0 Å². The lowest BCUT2D eigenvalue weighted by molar-refractivity contribution is 0.0603. The molecule has 15 heavy (non-hydrogen) atoms. The second-order valence-electron chi connectivity index (χ2n) is 4.07. The molecule has 1 aromatic rings. The summed E-state index contributed by atoms with van der Waals surface area (Å²) in [5.41, 5.74) is 0.569. The molecule has 0 bridgehead atoms. The molecule has 1 N–H and O–H groups in total. The molecule has 2 atom stereocenters. The summed E-state index contributed by atoms with van der Waals surface area (Å²) in [4.78, 5) is 0. The molecule has 0 aromatic heterocycles. The van der Waals surface area contributed by atoms with Crippen molar-refractivity contribution in [1.82, 2.24) is 0 Å². The standard InChI is InChI=1S/C12H15FO2/c1-8-7-9(5-6-10(8)13)15-12-4-2-3-11(12)14/h5-7,11-12,14H,2-4H2,1H3/t11-,12-/m0/s1. The van der Waals surface area contributed by atoms with E-state index in [-0.39, 0.29) is 18.0 Å². The minimum absolute atomic E-state index is 0.130. The first-order chi connectivity index (χ1) is 7.16. The summed E-state index contributed by atoms with van der Waals surface area (Å²) in [6, 6.07) is 4.67. The van der Waals surface area contributed by atoms with E-state index in [0.717, 1.165) is 19.3 Å². The number of benzene rings is 1. The number of ether oxygens (including phenoxy) is 1. The Hall–Kier alpha value is -1.09. The van der Waals surface area contributed by atoms with Crippen molar-refractivity contribution in [2.75, 3.05) is 0 Å². The fraction of sp³-hybridized carbons (Fsp3) is 0.500. The van der Waals surface area contributed by atoms with Crippen LogP contribution >= 0.6 is 0 Å². The van der Waals surface area contributed by atoms with E-state index in [4.69, 9.17) is 4.74 Å². The van der Waals surface area contributed by atoms with Crippen LogP contribution in [0.1, 0.15) is 24.8 Å². The molecule has 0 saturated heterocycles. The van der Waals surface area contributed by atoms with Gasteiger partial charge in [-0.3, -0.25) is 0 Å². The first kappa shape index (κ1) is 10.4. The highest BCUT2D eigenvalue weighted by Gasteiger charge is 2.26. The third-order valence-corrected chi connectivity index (χ3v) is 2.83. The highest BCUT2D eigenvalue weighted by atomic mass is 19.1. The quantitative estimate of drug-likeness (QED) is 0.812. The van der Waals surface area contributed by atoms with E-state index >= 15 is 0 Å². The molecule has 2 rings (SSSR count). The lowest BCUT2D eigenvalue weighted by Gasteiger charge is -2.17. The second kappa shape index (κ2) is 4.19. The molecule has 1 aliphatic rings. The van der Waals surface area contributed by atoms with Crippen molar-refractivity contribution in [1.29, 1.82) is 0 Å². The summed E-state index contributed by atoms with van der Waals surface area (Å²) in [6.07, 6.45) is 2.15. The van der Waals surface area contributed by atoms with Crippen molar-refractivity contribution in [3.05, 3.63) is 29.6 Å². The van der Waals surface area contributed by atoms with Crippen LogP contribution in [-0.2, 0) is 0 Å². The van der Waals surface area contributed by atoms with Gasteiger partial charge in [0.2, 0.25) is 0 Å². The Labute approximate surface area is 88.7 Å². The molecule has 0 amide bonds. The maximum Gasteiger partial charge on any atom is 0.126 e. The summed E-state index contributed by atoms with van der Waals surface area (Å²) in [5, 5.41) is 9.58. The molecule has 1 aromatic carbocycles. The average molecular weight is 210 g/mol. The monoisotopic (exact) mass is 210 g/mol. The Bertz CT molecular complexity index is 351. The molecule has 2 nitrogen and oxygen atoms in total. The summed E-state index contributed by atoms with van der Waals surface area (Å²) in [7, 11) is 0. The topological polar surface area (TPSA) is 29.5 Å². The summed E-state index contributed by atoms with van der Waals surface area (Å²) in [5.74, 6) is 0.411. The Morgan fingerprint density at radius 1 is 1.40 bits per heavy atom. The molecule has 1 saturated carbocycles. The molecule has 3 heteroatoms. The predicted molar refractivity (Wildman–Crippen MR) is 55.4 cm³/mol.